The lowest BCUT2D eigenvalue weighted by Crippen LogP contribution is -2.26. The van der Waals surface area contributed by atoms with Gasteiger partial charge in [-0.25, -0.2) is 0 Å². The second kappa shape index (κ2) is 5.57. The van der Waals surface area contributed by atoms with E-state index >= 15 is 0 Å². The molecule has 0 saturated carbocycles. The SMILES string of the molecule is CC1(C)C/C(=C/c2cc(Br)ccc2OC(F)(F)F)C(C)(C)O1. The first-order valence-electron chi connectivity index (χ1n) is 6.84. The third-order valence-electron chi connectivity index (χ3n) is 3.45. The summed E-state index contributed by atoms with van der Waals surface area (Å²) in [5.41, 5.74) is 0.437. The Labute approximate surface area is 136 Å². The fourth-order valence-corrected chi connectivity index (χ4v) is 3.10. The lowest BCUT2D eigenvalue weighted by Gasteiger charge is -2.24. The number of hydrogen-bond acceptors (Lipinski definition) is 2. The maximum Gasteiger partial charge on any atom is 0.573 e. The van der Waals surface area contributed by atoms with Crippen LogP contribution in [0.5, 0.6) is 5.75 Å². The molecule has 1 aromatic carbocycles. The molecule has 2 rings (SSSR count). The van der Waals surface area contributed by atoms with Crippen LogP contribution >= 0.6 is 15.9 Å². The molecule has 0 aromatic heterocycles. The molecule has 0 atom stereocenters. The molecular formula is C16H18BrF3O2. The van der Waals surface area contributed by atoms with Crippen molar-refractivity contribution in [1.82, 2.24) is 0 Å². The van der Waals surface area contributed by atoms with Crippen molar-refractivity contribution in [3.8, 4) is 5.75 Å². The quantitative estimate of drug-likeness (QED) is 0.656. The predicted octanol–water partition coefficient (Wildman–Crippen LogP) is 5.71. The van der Waals surface area contributed by atoms with Gasteiger partial charge in [-0.2, -0.15) is 0 Å². The van der Waals surface area contributed by atoms with Gasteiger partial charge in [0.1, 0.15) is 5.75 Å². The molecular weight excluding hydrogens is 361 g/mol. The van der Waals surface area contributed by atoms with Gasteiger partial charge in [-0.1, -0.05) is 15.9 Å². The number of ether oxygens (including phenoxy) is 2. The highest BCUT2D eigenvalue weighted by Gasteiger charge is 2.41. The molecule has 1 saturated heterocycles. The van der Waals surface area contributed by atoms with E-state index in [1.165, 1.54) is 12.1 Å². The van der Waals surface area contributed by atoms with Crippen molar-refractivity contribution in [3.63, 3.8) is 0 Å². The minimum atomic E-state index is -4.72. The number of rotatable bonds is 2. The zero-order chi connectivity index (χ0) is 16.8. The van der Waals surface area contributed by atoms with Crippen molar-refractivity contribution in [2.45, 2.75) is 51.7 Å². The third-order valence-corrected chi connectivity index (χ3v) is 3.94. The van der Waals surface area contributed by atoms with Crippen molar-refractivity contribution >= 4 is 22.0 Å². The Morgan fingerprint density at radius 3 is 2.36 bits per heavy atom. The topological polar surface area (TPSA) is 18.5 Å². The normalized spacial score (nSPS) is 22.1. The van der Waals surface area contributed by atoms with Crippen LogP contribution in [-0.2, 0) is 4.74 Å². The summed E-state index contributed by atoms with van der Waals surface area (Å²) in [4.78, 5) is 0. The highest BCUT2D eigenvalue weighted by Crippen LogP contribution is 2.43. The van der Waals surface area contributed by atoms with E-state index in [1.807, 2.05) is 27.7 Å². The van der Waals surface area contributed by atoms with E-state index in [1.54, 1.807) is 12.1 Å². The van der Waals surface area contributed by atoms with Gasteiger partial charge in [0.15, 0.2) is 0 Å². The van der Waals surface area contributed by atoms with E-state index in [9.17, 15) is 13.2 Å². The molecule has 0 spiro atoms. The number of alkyl halides is 3. The summed E-state index contributed by atoms with van der Waals surface area (Å²) in [6, 6.07) is 4.43. The Kier molecular flexibility index (Phi) is 4.39. The lowest BCUT2D eigenvalue weighted by atomic mass is 9.92. The fraction of sp³-hybridized carbons (Fsp3) is 0.500. The summed E-state index contributed by atoms with van der Waals surface area (Å²) in [6.45, 7) is 7.75. The van der Waals surface area contributed by atoms with Gasteiger partial charge in [0.05, 0.1) is 11.2 Å². The van der Waals surface area contributed by atoms with Crippen molar-refractivity contribution in [1.29, 1.82) is 0 Å². The van der Waals surface area contributed by atoms with Gasteiger partial charge in [-0.05, 0) is 64.0 Å². The molecule has 122 valence electrons. The van der Waals surface area contributed by atoms with Crippen LogP contribution in [0.2, 0.25) is 0 Å². The largest absolute Gasteiger partial charge is 0.573 e. The van der Waals surface area contributed by atoms with Gasteiger partial charge in [0, 0.05) is 10.0 Å². The Morgan fingerprint density at radius 1 is 1.23 bits per heavy atom. The molecule has 0 unspecified atom stereocenters. The maximum absolute atomic E-state index is 12.5. The highest BCUT2D eigenvalue weighted by atomic mass is 79.9. The van der Waals surface area contributed by atoms with Crippen LogP contribution in [0.4, 0.5) is 13.2 Å². The van der Waals surface area contributed by atoms with E-state index in [0.29, 0.717) is 16.5 Å². The molecule has 1 aliphatic heterocycles. The first-order valence-corrected chi connectivity index (χ1v) is 7.64. The van der Waals surface area contributed by atoms with Crippen LogP contribution in [0.3, 0.4) is 0 Å². The molecule has 0 aliphatic carbocycles. The molecule has 2 nitrogen and oxygen atoms in total. The Morgan fingerprint density at radius 2 is 1.86 bits per heavy atom. The molecule has 1 fully saturated rings. The van der Waals surface area contributed by atoms with Crippen molar-refractivity contribution in [3.05, 3.63) is 33.8 Å². The Balaban J connectivity index is 2.44. The summed E-state index contributed by atoms with van der Waals surface area (Å²) in [5.74, 6) is -0.219. The van der Waals surface area contributed by atoms with Crippen molar-refractivity contribution in [2.24, 2.45) is 0 Å². The monoisotopic (exact) mass is 378 g/mol. The average molecular weight is 379 g/mol. The average Bonchev–Trinajstić information content (AvgIpc) is 2.49. The summed E-state index contributed by atoms with van der Waals surface area (Å²) < 4.78 is 48.3. The Hall–Kier alpha value is -1.01. The third kappa shape index (κ3) is 4.26. The van der Waals surface area contributed by atoms with Crippen LogP contribution < -0.4 is 4.74 Å². The summed E-state index contributed by atoms with van der Waals surface area (Å²) in [7, 11) is 0. The van der Waals surface area contributed by atoms with Crippen LogP contribution in [0.15, 0.2) is 28.2 Å². The predicted molar refractivity (Wildman–Crippen MR) is 82.7 cm³/mol. The molecule has 0 bridgehead atoms. The zero-order valence-electron chi connectivity index (χ0n) is 12.8. The highest BCUT2D eigenvalue weighted by molar-refractivity contribution is 9.10. The Bertz CT molecular complexity index is 604. The van der Waals surface area contributed by atoms with Crippen LogP contribution in [0.25, 0.3) is 6.08 Å². The summed E-state index contributed by atoms with van der Waals surface area (Å²) in [6.07, 6.45) is -2.35. The van der Waals surface area contributed by atoms with Gasteiger partial charge in [-0.3, -0.25) is 0 Å². The smallest absolute Gasteiger partial charge is 0.405 e. The minimum absolute atomic E-state index is 0.219. The molecule has 0 N–H and O–H groups in total. The first-order chi connectivity index (χ1) is 9.88. The van der Waals surface area contributed by atoms with E-state index in [-0.39, 0.29) is 11.4 Å². The first kappa shape index (κ1) is 17.3. The number of benzene rings is 1. The number of hydrogen-bond donors (Lipinski definition) is 0. The van der Waals surface area contributed by atoms with Gasteiger partial charge in [0.2, 0.25) is 0 Å². The van der Waals surface area contributed by atoms with Crippen LogP contribution in [0, 0.1) is 0 Å². The van der Waals surface area contributed by atoms with Gasteiger partial charge < -0.3 is 9.47 Å². The molecule has 1 aromatic rings. The standard InChI is InChI=1S/C16H18BrF3O2/c1-14(2)9-11(15(3,4)22-14)7-10-8-12(17)5-6-13(10)21-16(18,19)20/h5-8H,9H2,1-4H3/b11-7-. The number of halogens is 4. The van der Waals surface area contributed by atoms with E-state index in [2.05, 4.69) is 20.7 Å². The molecule has 0 amide bonds. The molecule has 1 aliphatic rings. The molecule has 6 heteroatoms. The summed E-state index contributed by atoms with van der Waals surface area (Å²) in [5, 5.41) is 0. The van der Waals surface area contributed by atoms with Crippen molar-refractivity contribution in [2.75, 3.05) is 0 Å². The van der Waals surface area contributed by atoms with Gasteiger partial charge >= 0.3 is 6.36 Å². The molecule has 1 heterocycles. The van der Waals surface area contributed by atoms with E-state index < -0.39 is 12.0 Å². The lowest BCUT2D eigenvalue weighted by molar-refractivity contribution is -0.274. The molecule has 22 heavy (non-hydrogen) atoms. The van der Waals surface area contributed by atoms with Gasteiger partial charge in [-0.15, -0.1) is 13.2 Å². The van der Waals surface area contributed by atoms with Gasteiger partial charge in [0.25, 0.3) is 0 Å². The van der Waals surface area contributed by atoms with E-state index in [4.69, 9.17) is 4.74 Å². The zero-order valence-corrected chi connectivity index (χ0v) is 14.4. The molecule has 0 radical (unpaired) electrons. The minimum Gasteiger partial charge on any atom is -0.405 e. The maximum atomic E-state index is 12.5. The second-order valence-electron chi connectivity index (χ2n) is 6.45. The van der Waals surface area contributed by atoms with E-state index in [0.717, 1.165) is 5.57 Å². The summed E-state index contributed by atoms with van der Waals surface area (Å²) >= 11 is 3.28. The van der Waals surface area contributed by atoms with Crippen LogP contribution in [0.1, 0.15) is 39.7 Å². The fourth-order valence-electron chi connectivity index (χ4n) is 2.73. The van der Waals surface area contributed by atoms with Crippen LogP contribution in [-0.4, -0.2) is 17.6 Å². The van der Waals surface area contributed by atoms with Crippen molar-refractivity contribution < 1.29 is 22.6 Å². The second-order valence-corrected chi connectivity index (χ2v) is 7.36.